The van der Waals surface area contributed by atoms with Gasteiger partial charge in [0, 0.05) is 36.7 Å². The molecule has 3 rings (SSSR count). The van der Waals surface area contributed by atoms with E-state index in [0.717, 1.165) is 12.2 Å². The van der Waals surface area contributed by atoms with Gasteiger partial charge in [0.1, 0.15) is 0 Å². The molecule has 1 aliphatic heterocycles. The van der Waals surface area contributed by atoms with Crippen molar-refractivity contribution in [3.8, 4) is 0 Å². The topological polar surface area (TPSA) is 15.3 Å². The van der Waals surface area contributed by atoms with Crippen molar-refractivity contribution in [3.63, 3.8) is 0 Å². The van der Waals surface area contributed by atoms with Crippen LogP contribution in [0, 0.1) is 0 Å². The molecule has 2 nitrogen and oxygen atoms in total. The SMILES string of the molecule is CN1CC=C(C=CNc2ccccc2)c2ccccc21. The second-order valence-corrected chi connectivity index (χ2v) is 4.90. The van der Waals surface area contributed by atoms with Gasteiger partial charge in [-0.2, -0.15) is 0 Å². The van der Waals surface area contributed by atoms with Crippen molar-refractivity contribution in [2.24, 2.45) is 0 Å². The zero-order chi connectivity index (χ0) is 13.8. The van der Waals surface area contributed by atoms with E-state index in [1.165, 1.54) is 16.8 Å². The molecule has 1 N–H and O–H groups in total. The van der Waals surface area contributed by atoms with Gasteiger partial charge in [-0.05, 0) is 29.8 Å². The molecule has 0 unspecified atom stereocenters. The lowest BCUT2D eigenvalue weighted by atomic mass is 9.99. The van der Waals surface area contributed by atoms with Crippen molar-refractivity contribution in [1.82, 2.24) is 0 Å². The van der Waals surface area contributed by atoms with E-state index >= 15 is 0 Å². The Morgan fingerprint density at radius 3 is 2.60 bits per heavy atom. The lowest BCUT2D eigenvalue weighted by Crippen LogP contribution is -2.21. The van der Waals surface area contributed by atoms with E-state index in [-0.39, 0.29) is 0 Å². The van der Waals surface area contributed by atoms with Crippen LogP contribution in [0.3, 0.4) is 0 Å². The van der Waals surface area contributed by atoms with Gasteiger partial charge in [-0.15, -0.1) is 0 Å². The molecular weight excluding hydrogens is 244 g/mol. The Morgan fingerprint density at radius 2 is 1.75 bits per heavy atom. The molecule has 2 aromatic carbocycles. The first-order chi connectivity index (χ1) is 9.84. The van der Waals surface area contributed by atoms with Gasteiger partial charge in [0.05, 0.1) is 0 Å². The maximum Gasteiger partial charge on any atom is 0.0446 e. The number of hydrogen-bond acceptors (Lipinski definition) is 2. The Hall–Kier alpha value is -2.48. The minimum atomic E-state index is 0.946. The van der Waals surface area contributed by atoms with Crippen molar-refractivity contribution < 1.29 is 0 Å². The van der Waals surface area contributed by atoms with E-state index in [1.807, 2.05) is 24.4 Å². The van der Waals surface area contributed by atoms with Crippen molar-refractivity contribution in [1.29, 1.82) is 0 Å². The van der Waals surface area contributed by atoms with Crippen LogP contribution in [0.1, 0.15) is 5.56 Å². The molecule has 0 bridgehead atoms. The summed E-state index contributed by atoms with van der Waals surface area (Å²) in [5.41, 5.74) is 4.94. The molecule has 0 aliphatic carbocycles. The predicted octanol–water partition coefficient (Wildman–Crippen LogP) is 4.15. The summed E-state index contributed by atoms with van der Waals surface area (Å²) in [5.74, 6) is 0. The molecule has 0 amide bonds. The summed E-state index contributed by atoms with van der Waals surface area (Å²) in [6.45, 7) is 0.946. The van der Waals surface area contributed by atoms with Gasteiger partial charge < -0.3 is 10.2 Å². The van der Waals surface area contributed by atoms with Crippen LogP contribution in [-0.4, -0.2) is 13.6 Å². The standard InChI is InChI=1S/C18H18N2/c1-20-14-12-15(17-9-5-6-10-18(17)20)11-13-19-16-7-3-2-4-8-16/h2-13,19H,14H2,1H3. The summed E-state index contributed by atoms with van der Waals surface area (Å²) >= 11 is 0. The first-order valence-corrected chi connectivity index (χ1v) is 6.83. The second-order valence-electron chi connectivity index (χ2n) is 4.90. The maximum atomic E-state index is 3.30. The van der Waals surface area contributed by atoms with Crippen LogP contribution in [0.2, 0.25) is 0 Å². The Morgan fingerprint density at radius 1 is 1.00 bits per heavy atom. The molecule has 0 atom stereocenters. The van der Waals surface area contributed by atoms with E-state index in [2.05, 4.69) is 65.8 Å². The third kappa shape index (κ3) is 2.59. The molecule has 0 saturated heterocycles. The van der Waals surface area contributed by atoms with Gasteiger partial charge in [0.2, 0.25) is 0 Å². The number of para-hydroxylation sites is 2. The number of nitrogens with zero attached hydrogens (tertiary/aromatic N) is 1. The van der Waals surface area contributed by atoms with Gasteiger partial charge in [0.25, 0.3) is 0 Å². The number of likely N-dealkylation sites (N-methyl/N-ethyl adjacent to an activating group) is 1. The number of benzene rings is 2. The van der Waals surface area contributed by atoms with Gasteiger partial charge in [-0.3, -0.25) is 0 Å². The molecule has 0 fully saturated rings. The monoisotopic (exact) mass is 262 g/mol. The highest BCUT2D eigenvalue weighted by Gasteiger charge is 2.13. The molecule has 2 aromatic rings. The van der Waals surface area contributed by atoms with E-state index in [1.54, 1.807) is 0 Å². The fraction of sp³-hybridized carbons (Fsp3) is 0.111. The third-order valence-electron chi connectivity index (χ3n) is 3.50. The van der Waals surface area contributed by atoms with E-state index in [4.69, 9.17) is 0 Å². The highest BCUT2D eigenvalue weighted by molar-refractivity contribution is 5.85. The number of allylic oxidation sites excluding steroid dienone is 2. The van der Waals surface area contributed by atoms with Crippen LogP contribution >= 0.6 is 0 Å². The van der Waals surface area contributed by atoms with Crippen LogP contribution in [-0.2, 0) is 0 Å². The zero-order valence-corrected chi connectivity index (χ0v) is 11.6. The van der Waals surface area contributed by atoms with Crippen LogP contribution in [0.5, 0.6) is 0 Å². The average molecular weight is 262 g/mol. The normalized spacial score (nSPS) is 14.1. The molecule has 2 heteroatoms. The highest BCUT2D eigenvalue weighted by Crippen LogP contribution is 2.30. The summed E-state index contributed by atoms with van der Waals surface area (Å²) in [5, 5.41) is 3.30. The van der Waals surface area contributed by atoms with Crippen molar-refractivity contribution in [2.75, 3.05) is 23.8 Å². The lowest BCUT2D eigenvalue weighted by Gasteiger charge is -2.26. The quantitative estimate of drug-likeness (QED) is 0.894. The fourth-order valence-electron chi connectivity index (χ4n) is 2.41. The largest absolute Gasteiger partial charge is 0.370 e. The summed E-state index contributed by atoms with van der Waals surface area (Å²) in [6.07, 6.45) is 6.40. The minimum Gasteiger partial charge on any atom is -0.370 e. The van der Waals surface area contributed by atoms with Crippen LogP contribution in [0.25, 0.3) is 5.57 Å². The van der Waals surface area contributed by atoms with Gasteiger partial charge >= 0.3 is 0 Å². The Kier molecular flexibility index (Phi) is 3.55. The summed E-state index contributed by atoms with van der Waals surface area (Å²) in [7, 11) is 2.12. The molecule has 20 heavy (non-hydrogen) atoms. The molecule has 0 spiro atoms. The van der Waals surface area contributed by atoms with Gasteiger partial charge in [-0.1, -0.05) is 42.5 Å². The fourth-order valence-corrected chi connectivity index (χ4v) is 2.41. The van der Waals surface area contributed by atoms with Gasteiger partial charge in [0.15, 0.2) is 0 Å². The van der Waals surface area contributed by atoms with E-state index in [9.17, 15) is 0 Å². The first kappa shape index (κ1) is 12.5. The zero-order valence-electron chi connectivity index (χ0n) is 11.6. The summed E-state index contributed by atoms with van der Waals surface area (Å²) in [4.78, 5) is 2.26. The number of rotatable bonds is 3. The predicted molar refractivity (Wildman–Crippen MR) is 86.9 cm³/mol. The molecule has 1 aliphatic rings. The Balaban J connectivity index is 1.78. The molecule has 1 heterocycles. The molecule has 0 saturated carbocycles. The maximum absolute atomic E-state index is 3.30. The molecule has 0 radical (unpaired) electrons. The van der Waals surface area contributed by atoms with Crippen LogP contribution in [0.15, 0.2) is 72.9 Å². The van der Waals surface area contributed by atoms with Crippen molar-refractivity contribution in [3.05, 3.63) is 78.5 Å². The van der Waals surface area contributed by atoms with Crippen LogP contribution in [0.4, 0.5) is 11.4 Å². The Labute approximate surface area is 120 Å². The molecule has 100 valence electrons. The smallest absolute Gasteiger partial charge is 0.0446 e. The first-order valence-electron chi connectivity index (χ1n) is 6.83. The Bertz CT molecular complexity index is 641. The second kappa shape index (κ2) is 5.66. The van der Waals surface area contributed by atoms with E-state index < -0.39 is 0 Å². The number of nitrogens with one attached hydrogen (secondary N) is 1. The average Bonchev–Trinajstić information content (AvgIpc) is 2.51. The summed E-state index contributed by atoms with van der Waals surface area (Å²) < 4.78 is 0. The molecular formula is C18H18N2. The van der Waals surface area contributed by atoms with Crippen LogP contribution < -0.4 is 10.2 Å². The third-order valence-corrected chi connectivity index (χ3v) is 3.50. The summed E-state index contributed by atoms with van der Waals surface area (Å²) in [6, 6.07) is 18.7. The number of hydrogen-bond donors (Lipinski definition) is 1. The number of fused-ring (bicyclic) bond motifs is 1. The highest BCUT2D eigenvalue weighted by atomic mass is 15.1. The lowest BCUT2D eigenvalue weighted by molar-refractivity contribution is 1.01. The number of anilines is 2. The minimum absolute atomic E-state index is 0.946. The van der Waals surface area contributed by atoms with Crippen molar-refractivity contribution >= 4 is 16.9 Å². The van der Waals surface area contributed by atoms with Gasteiger partial charge in [-0.25, -0.2) is 0 Å². The van der Waals surface area contributed by atoms with Crippen molar-refractivity contribution in [2.45, 2.75) is 0 Å². The van der Waals surface area contributed by atoms with E-state index in [0.29, 0.717) is 0 Å². The molecule has 0 aromatic heterocycles.